The van der Waals surface area contributed by atoms with Gasteiger partial charge in [-0.1, -0.05) is 0 Å². The molecule has 0 bridgehead atoms. The van der Waals surface area contributed by atoms with Gasteiger partial charge in [-0.15, -0.1) is 0 Å². The van der Waals surface area contributed by atoms with E-state index in [2.05, 4.69) is 22.4 Å². The molecule has 0 saturated carbocycles. The Kier molecular flexibility index (Phi) is 7.89. The number of ether oxygens (including phenoxy) is 3. The summed E-state index contributed by atoms with van der Waals surface area (Å²) in [6, 6.07) is 7.42. The van der Waals surface area contributed by atoms with Gasteiger partial charge in [0, 0.05) is 45.0 Å². The van der Waals surface area contributed by atoms with Gasteiger partial charge in [-0.25, -0.2) is 0 Å². The summed E-state index contributed by atoms with van der Waals surface area (Å²) in [6.07, 6.45) is 3.06. The molecule has 0 aliphatic carbocycles. The molecular weight excluding hydrogens is 384 g/mol. The highest BCUT2D eigenvalue weighted by Gasteiger charge is 2.30. The highest BCUT2D eigenvalue weighted by Crippen LogP contribution is 2.35. The van der Waals surface area contributed by atoms with Crippen LogP contribution in [0.15, 0.2) is 12.1 Å². The Bertz CT molecular complexity index is 830. The molecule has 0 unspecified atom stereocenters. The van der Waals surface area contributed by atoms with Gasteiger partial charge in [0.25, 0.3) is 5.91 Å². The van der Waals surface area contributed by atoms with Gasteiger partial charge in [0.15, 0.2) is 11.5 Å². The number of unbranched alkanes of at least 4 members (excludes halogenated alkanes) is 1. The number of carbonyl (C=O) groups excluding carboxylic acids is 1. The van der Waals surface area contributed by atoms with Crippen molar-refractivity contribution in [1.82, 2.24) is 10.2 Å². The maximum Gasteiger partial charge on any atom is 0.255 e. The third-order valence-electron chi connectivity index (χ3n) is 5.59. The second-order valence-electron chi connectivity index (χ2n) is 7.61. The normalized spacial score (nSPS) is 21.2. The zero-order chi connectivity index (χ0) is 21.3. The Labute approximate surface area is 177 Å². The van der Waals surface area contributed by atoms with E-state index in [0.29, 0.717) is 48.8 Å². The van der Waals surface area contributed by atoms with Crippen LogP contribution in [0.3, 0.4) is 0 Å². The van der Waals surface area contributed by atoms with Crippen LogP contribution >= 0.6 is 0 Å². The lowest BCUT2D eigenvalue weighted by Crippen LogP contribution is -2.48. The average Bonchev–Trinajstić information content (AvgIpc) is 3.02. The third-order valence-corrected chi connectivity index (χ3v) is 5.59. The molecule has 2 aliphatic heterocycles. The van der Waals surface area contributed by atoms with Gasteiger partial charge in [-0.2, -0.15) is 10.5 Å². The fourth-order valence-electron chi connectivity index (χ4n) is 3.94. The van der Waals surface area contributed by atoms with Crippen LogP contribution in [-0.4, -0.2) is 63.4 Å². The van der Waals surface area contributed by atoms with Crippen molar-refractivity contribution in [2.45, 2.75) is 31.8 Å². The summed E-state index contributed by atoms with van der Waals surface area (Å²) in [5.41, 5.74) is 0.693. The second kappa shape index (κ2) is 10.8. The number of methoxy groups -OCH3 is 1. The quantitative estimate of drug-likeness (QED) is 0.683. The van der Waals surface area contributed by atoms with E-state index >= 15 is 0 Å². The van der Waals surface area contributed by atoms with Crippen molar-refractivity contribution in [3.63, 3.8) is 0 Å². The van der Waals surface area contributed by atoms with Gasteiger partial charge in [0.05, 0.1) is 42.6 Å². The predicted octanol–water partition coefficient (Wildman–Crippen LogP) is 2.09. The van der Waals surface area contributed by atoms with Crippen LogP contribution in [0, 0.1) is 28.6 Å². The number of piperidine rings is 1. The summed E-state index contributed by atoms with van der Waals surface area (Å²) in [4.78, 5) is 15.2. The number of nitrogens with zero attached hydrogens (tertiary/aromatic N) is 3. The maximum absolute atomic E-state index is 12.9. The minimum atomic E-state index is -0.278. The standard InChI is InChI=1S/C22H28N4O4/c1-28-20-15-26(7-3-2-6-23)8-5-17(20)14-25-22(27)18-11-16(13-24)12-19-21(18)30-10-4-9-29-19/h11-12,17,20H,2-5,7-10,14-15H2,1H3,(H,25,27)/t17-,20+/m0/s1. The highest BCUT2D eigenvalue weighted by atomic mass is 16.5. The molecule has 160 valence electrons. The monoisotopic (exact) mass is 412 g/mol. The average molecular weight is 412 g/mol. The van der Waals surface area contributed by atoms with E-state index in [1.165, 1.54) is 0 Å². The summed E-state index contributed by atoms with van der Waals surface area (Å²) < 4.78 is 17.1. The highest BCUT2D eigenvalue weighted by molar-refractivity contribution is 5.98. The number of nitrogens with one attached hydrogen (secondary N) is 1. The molecule has 30 heavy (non-hydrogen) atoms. The first-order valence-corrected chi connectivity index (χ1v) is 10.4. The van der Waals surface area contributed by atoms with Gasteiger partial charge < -0.3 is 24.4 Å². The largest absolute Gasteiger partial charge is 0.489 e. The molecule has 0 spiro atoms. The Morgan fingerprint density at radius 1 is 1.33 bits per heavy atom. The van der Waals surface area contributed by atoms with Crippen LogP contribution in [-0.2, 0) is 4.74 Å². The lowest BCUT2D eigenvalue weighted by Gasteiger charge is -2.37. The van der Waals surface area contributed by atoms with Crippen LogP contribution in [0.4, 0.5) is 0 Å². The summed E-state index contributed by atoms with van der Waals surface area (Å²) >= 11 is 0. The van der Waals surface area contributed by atoms with Crippen molar-refractivity contribution in [3.8, 4) is 23.6 Å². The summed E-state index contributed by atoms with van der Waals surface area (Å²) in [7, 11) is 1.69. The molecule has 1 aromatic rings. The minimum absolute atomic E-state index is 0.0169. The van der Waals surface area contributed by atoms with Gasteiger partial charge in [-0.3, -0.25) is 4.79 Å². The van der Waals surface area contributed by atoms with Crippen molar-refractivity contribution in [3.05, 3.63) is 23.3 Å². The molecule has 1 aromatic carbocycles. The number of amides is 1. The smallest absolute Gasteiger partial charge is 0.255 e. The van der Waals surface area contributed by atoms with E-state index in [1.54, 1.807) is 19.2 Å². The summed E-state index contributed by atoms with van der Waals surface area (Å²) in [5, 5.41) is 21.0. The van der Waals surface area contributed by atoms with Gasteiger partial charge in [-0.05, 0) is 32.0 Å². The van der Waals surface area contributed by atoms with Crippen molar-refractivity contribution >= 4 is 5.91 Å². The number of rotatable bonds is 7. The molecule has 1 amide bonds. The Morgan fingerprint density at radius 2 is 2.17 bits per heavy atom. The third kappa shape index (κ3) is 5.41. The maximum atomic E-state index is 12.9. The topological polar surface area (TPSA) is 108 Å². The number of benzene rings is 1. The van der Waals surface area contributed by atoms with Crippen LogP contribution < -0.4 is 14.8 Å². The number of likely N-dealkylation sites (tertiary alicyclic amines) is 1. The number of fused-ring (bicyclic) bond motifs is 1. The number of hydrogen-bond donors (Lipinski definition) is 1. The van der Waals surface area contributed by atoms with Crippen molar-refractivity contribution in [2.24, 2.45) is 5.92 Å². The first-order chi connectivity index (χ1) is 14.7. The molecule has 2 heterocycles. The van der Waals surface area contributed by atoms with Crippen LogP contribution in [0.5, 0.6) is 11.5 Å². The zero-order valence-corrected chi connectivity index (χ0v) is 17.4. The van der Waals surface area contributed by atoms with Crippen molar-refractivity contribution < 1.29 is 19.0 Å². The first-order valence-electron chi connectivity index (χ1n) is 10.4. The van der Waals surface area contributed by atoms with E-state index in [0.717, 1.165) is 38.9 Å². The van der Waals surface area contributed by atoms with Crippen molar-refractivity contribution in [2.75, 3.05) is 46.5 Å². The molecular formula is C22H28N4O4. The SMILES string of the molecule is CO[C@@H]1CN(CCCC#N)CC[C@H]1CNC(=O)c1cc(C#N)cc2c1OCCCO2. The fourth-order valence-corrected chi connectivity index (χ4v) is 3.94. The molecule has 8 nitrogen and oxygen atoms in total. The summed E-state index contributed by atoms with van der Waals surface area (Å²) in [5.74, 6) is 0.762. The number of carbonyl (C=O) groups is 1. The Hall–Kier alpha value is -2.81. The second-order valence-corrected chi connectivity index (χ2v) is 7.61. The van der Waals surface area contributed by atoms with Crippen LogP contribution in [0.2, 0.25) is 0 Å². The van der Waals surface area contributed by atoms with E-state index < -0.39 is 0 Å². The van der Waals surface area contributed by atoms with Crippen LogP contribution in [0.1, 0.15) is 41.6 Å². The molecule has 2 atom stereocenters. The zero-order valence-electron chi connectivity index (χ0n) is 17.4. The first kappa shape index (κ1) is 21.9. The summed E-state index contributed by atoms with van der Waals surface area (Å²) in [6.45, 7) is 4.04. The van der Waals surface area contributed by atoms with Gasteiger partial charge >= 0.3 is 0 Å². The Balaban J connectivity index is 1.63. The van der Waals surface area contributed by atoms with Gasteiger partial charge in [0.1, 0.15) is 0 Å². The number of hydrogen-bond acceptors (Lipinski definition) is 7. The van der Waals surface area contributed by atoms with E-state index in [-0.39, 0.29) is 17.9 Å². The number of nitriles is 2. The fraction of sp³-hybridized carbons (Fsp3) is 0.591. The molecule has 1 saturated heterocycles. The predicted molar refractivity (Wildman–Crippen MR) is 109 cm³/mol. The van der Waals surface area contributed by atoms with Crippen molar-refractivity contribution in [1.29, 1.82) is 10.5 Å². The van der Waals surface area contributed by atoms with E-state index in [1.807, 2.05) is 0 Å². The molecule has 2 aliphatic rings. The van der Waals surface area contributed by atoms with Crippen LogP contribution in [0.25, 0.3) is 0 Å². The molecule has 0 radical (unpaired) electrons. The van der Waals surface area contributed by atoms with E-state index in [4.69, 9.17) is 19.5 Å². The lowest BCUT2D eigenvalue weighted by atomic mass is 9.93. The lowest BCUT2D eigenvalue weighted by molar-refractivity contribution is -0.0105. The van der Waals surface area contributed by atoms with E-state index in [9.17, 15) is 10.1 Å². The van der Waals surface area contributed by atoms with Gasteiger partial charge in [0.2, 0.25) is 0 Å². The molecule has 3 rings (SSSR count). The Morgan fingerprint density at radius 3 is 2.93 bits per heavy atom. The molecule has 1 N–H and O–H groups in total. The molecule has 1 fully saturated rings. The molecule has 8 heteroatoms. The molecule has 0 aromatic heterocycles. The minimum Gasteiger partial charge on any atom is -0.489 e.